The summed E-state index contributed by atoms with van der Waals surface area (Å²) < 4.78 is 32.4. The standard InChI is InChI=1S/C20H24O11/c1-10(21)26-9-16-17(27-11(2)22)18(28-12(3)23)19(29-13(4)24)20(31-16)30-15-7-5-14(25)6-8-15/h5-8,16-20,25H,9H2,1-4H3/t16-,17-,18+,19-,20-/m1/s1. The summed E-state index contributed by atoms with van der Waals surface area (Å²) in [5.41, 5.74) is 0. The van der Waals surface area contributed by atoms with Crippen LogP contribution in [-0.4, -0.2) is 66.3 Å². The Balaban J connectivity index is 2.43. The highest BCUT2D eigenvalue weighted by Crippen LogP contribution is 2.31. The van der Waals surface area contributed by atoms with Crippen molar-refractivity contribution in [3.05, 3.63) is 24.3 Å². The largest absolute Gasteiger partial charge is 0.508 e. The van der Waals surface area contributed by atoms with Crippen LogP contribution in [0.3, 0.4) is 0 Å². The lowest BCUT2D eigenvalue weighted by Gasteiger charge is -2.43. The normalized spacial score (nSPS) is 25.1. The SMILES string of the molecule is CC(=O)OC[C@H]1O[C@@H](Oc2ccc(O)cc2)[C@H](OC(C)=O)[C@@H](OC(C)=O)[C@@H]1OC(C)=O. The van der Waals surface area contributed by atoms with Crippen LogP contribution in [-0.2, 0) is 42.9 Å². The Labute approximate surface area is 178 Å². The van der Waals surface area contributed by atoms with Crippen molar-refractivity contribution in [2.24, 2.45) is 0 Å². The number of esters is 4. The molecular weight excluding hydrogens is 416 g/mol. The number of aromatic hydroxyl groups is 1. The predicted molar refractivity (Wildman–Crippen MR) is 101 cm³/mol. The van der Waals surface area contributed by atoms with Crippen LogP contribution in [0.1, 0.15) is 27.7 Å². The second-order valence-corrected chi connectivity index (χ2v) is 6.68. The van der Waals surface area contributed by atoms with Gasteiger partial charge in [0, 0.05) is 27.7 Å². The van der Waals surface area contributed by atoms with Crippen molar-refractivity contribution < 1.29 is 52.7 Å². The van der Waals surface area contributed by atoms with E-state index in [4.69, 9.17) is 28.4 Å². The van der Waals surface area contributed by atoms with E-state index in [-0.39, 0.29) is 18.1 Å². The molecule has 1 N–H and O–H groups in total. The fourth-order valence-electron chi connectivity index (χ4n) is 2.94. The van der Waals surface area contributed by atoms with E-state index in [0.29, 0.717) is 0 Å². The molecule has 0 bridgehead atoms. The molecule has 0 spiro atoms. The smallest absolute Gasteiger partial charge is 0.303 e. The second-order valence-electron chi connectivity index (χ2n) is 6.68. The van der Waals surface area contributed by atoms with E-state index in [1.165, 1.54) is 31.2 Å². The third kappa shape index (κ3) is 7.14. The molecule has 5 atom stereocenters. The van der Waals surface area contributed by atoms with Gasteiger partial charge in [-0.1, -0.05) is 0 Å². The fourth-order valence-corrected chi connectivity index (χ4v) is 2.94. The summed E-state index contributed by atoms with van der Waals surface area (Å²) >= 11 is 0. The highest BCUT2D eigenvalue weighted by molar-refractivity contribution is 5.68. The summed E-state index contributed by atoms with van der Waals surface area (Å²) in [4.78, 5) is 46.4. The Morgan fingerprint density at radius 1 is 0.806 bits per heavy atom. The summed E-state index contributed by atoms with van der Waals surface area (Å²) in [5.74, 6) is -2.58. The third-order valence-corrected chi connectivity index (χ3v) is 4.04. The zero-order valence-electron chi connectivity index (χ0n) is 17.4. The van der Waals surface area contributed by atoms with E-state index in [9.17, 15) is 24.3 Å². The number of benzene rings is 1. The number of hydrogen-bond acceptors (Lipinski definition) is 11. The van der Waals surface area contributed by atoms with E-state index >= 15 is 0 Å². The number of phenolic OH excluding ortho intramolecular Hbond substituents is 1. The third-order valence-electron chi connectivity index (χ3n) is 4.04. The Morgan fingerprint density at radius 2 is 1.32 bits per heavy atom. The van der Waals surface area contributed by atoms with Crippen LogP contribution in [0.15, 0.2) is 24.3 Å². The van der Waals surface area contributed by atoms with Crippen molar-refractivity contribution in [2.75, 3.05) is 6.61 Å². The lowest BCUT2D eigenvalue weighted by atomic mass is 9.98. The predicted octanol–water partition coefficient (Wildman–Crippen LogP) is 0.854. The quantitative estimate of drug-likeness (QED) is 0.476. The Kier molecular flexibility index (Phi) is 8.20. The molecule has 1 saturated heterocycles. The zero-order chi connectivity index (χ0) is 23.1. The van der Waals surface area contributed by atoms with Crippen LogP contribution < -0.4 is 4.74 Å². The number of rotatable bonds is 7. The van der Waals surface area contributed by atoms with Gasteiger partial charge in [-0.3, -0.25) is 19.2 Å². The molecule has 0 aromatic heterocycles. The topological polar surface area (TPSA) is 144 Å². The maximum Gasteiger partial charge on any atom is 0.303 e. The van der Waals surface area contributed by atoms with E-state index in [1.807, 2.05) is 0 Å². The first-order valence-electron chi connectivity index (χ1n) is 9.33. The molecular formula is C20H24O11. The lowest BCUT2D eigenvalue weighted by Crippen LogP contribution is -2.63. The molecule has 0 saturated carbocycles. The first kappa shape index (κ1) is 23.9. The van der Waals surface area contributed by atoms with Gasteiger partial charge in [0.25, 0.3) is 0 Å². The molecule has 0 amide bonds. The van der Waals surface area contributed by atoms with Gasteiger partial charge in [0.1, 0.15) is 24.2 Å². The first-order chi connectivity index (χ1) is 14.6. The van der Waals surface area contributed by atoms with Gasteiger partial charge in [0.2, 0.25) is 12.4 Å². The highest BCUT2D eigenvalue weighted by Gasteiger charge is 2.53. The van der Waals surface area contributed by atoms with Crippen molar-refractivity contribution >= 4 is 23.9 Å². The lowest BCUT2D eigenvalue weighted by molar-refractivity contribution is -0.288. The van der Waals surface area contributed by atoms with Gasteiger partial charge in [0.05, 0.1) is 0 Å². The molecule has 1 fully saturated rings. The van der Waals surface area contributed by atoms with Crippen LogP contribution in [0, 0.1) is 0 Å². The second kappa shape index (κ2) is 10.6. The van der Waals surface area contributed by atoms with E-state index in [0.717, 1.165) is 20.8 Å². The molecule has 1 aromatic carbocycles. The minimum atomic E-state index is -1.33. The molecule has 2 rings (SSSR count). The molecule has 1 aliphatic rings. The summed E-state index contributed by atoms with van der Waals surface area (Å²) in [7, 11) is 0. The van der Waals surface area contributed by atoms with E-state index in [2.05, 4.69) is 0 Å². The summed E-state index contributed by atoms with van der Waals surface area (Å²) in [6, 6.07) is 5.59. The van der Waals surface area contributed by atoms with Crippen molar-refractivity contribution in [3.63, 3.8) is 0 Å². The number of phenols is 1. The molecule has 1 aliphatic heterocycles. The fraction of sp³-hybridized carbons (Fsp3) is 0.500. The van der Waals surface area contributed by atoms with Crippen molar-refractivity contribution in [1.29, 1.82) is 0 Å². The monoisotopic (exact) mass is 440 g/mol. The van der Waals surface area contributed by atoms with Gasteiger partial charge < -0.3 is 33.5 Å². The van der Waals surface area contributed by atoms with Gasteiger partial charge in [-0.15, -0.1) is 0 Å². The number of ether oxygens (including phenoxy) is 6. The molecule has 0 radical (unpaired) electrons. The van der Waals surface area contributed by atoms with E-state index < -0.39 is 54.6 Å². The van der Waals surface area contributed by atoms with Crippen molar-refractivity contribution in [1.82, 2.24) is 0 Å². The van der Waals surface area contributed by atoms with Gasteiger partial charge >= 0.3 is 23.9 Å². The zero-order valence-corrected chi connectivity index (χ0v) is 17.4. The Hall–Kier alpha value is -3.34. The molecule has 11 nitrogen and oxygen atoms in total. The number of hydrogen-bond donors (Lipinski definition) is 1. The minimum Gasteiger partial charge on any atom is -0.508 e. The molecule has 170 valence electrons. The minimum absolute atomic E-state index is 0.00565. The summed E-state index contributed by atoms with van der Waals surface area (Å²) in [6.07, 6.45) is -6.34. The maximum absolute atomic E-state index is 11.8. The van der Waals surface area contributed by atoms with Gasteiger partial charge in [-0.05, 0) is 24.3 Å². The van der Waals surface area contributed by atoms with Crippen LogP contribution in [0.2, 0.25) is 0 Å². The van der Waals surface area contributed by atoms with Crippen LogP contribution in [0.5, 0.6) is 11.5 Å². The maximum atomic E-state index is 11.8. The molecule has 1 heterocycles. The number of carbonyl (C=O) groups is 4. The molecule has 11 heteroatoms. The number of carbonyl (C=O) groups excluding carboxylic acids is 4. The van der Waals surface area contributed by atoms with Gasteiger partial charge in [-0.25, -0.2) is 0 Å². The Morgan fingerprint density at radius 3 is 1.84 bits per heavy atom. The van der Waals surface area contributed by atoms with Crippen molar-refractivity contribution in [2.45, 2.75) is 58.4 Å². The molecule has 31 heavy (non-hydrogen) atoms. The first-order valence-corrected chi connectivity index (χ1v) is 9.33. The summed E-state index contributed by atoms with van der Waals surface area (Å²) in [5, 5.41) is 9.45. The van der Waals surface area contributed by atoms with E-state index in [1.54, 1.807) is 0 Å². The summed E-state index contributed by atoms with van der Waals surface area (Å²) in [6.45, 7) is 4.22. The Bertz CT molecular complexity index is 804. The van der Waals surface area contributed by atoms with Gasteiger partial charge in [0.15, 0.2) is 12.2 Å². The van der Waals surface area contributed by atoms with Crippen LogP contribution in [0.25, 0.3) is 0 Å². The molecule has 0 aliphatic carbocycles. The molecule has 0 unspecified atom stereocenters. The highest BCUT2D eigenvalue weighted by atomic mass is 16.7. The molecule has 1 aromatic rings. The average molecular weight is 440 g/mol. The van der Waals surface area contributed by atoms with Crippen molar-refractivity contribution in [3.8, 4) is 11.5 Å². The van der Waals surface area contributed by atoms with Crippen LogP contribution in [0.4, 0.5) is 0 Å². The average Bonchev–Trinajstić information content (AvgIpc) is 2.65. The van der Waals surface area contributed by atoms with Gasteiger partial charge in [-0.2, -0.15) is 0 Å². The van der Waals surface area contributed by atoms with Crippen LogP contribution >= 0.6 is 0 Å².